The van der Waals surface area contributed by atoms with E-state index in [4.69, 9.17) is 0 Å². The molecule has 1 saturated carbocycles. The monoisotopic (exact) mass is 138 g/mol. The van der Waals surface area contributed by atoms with Crippen molar-refractivity contribution in [2.45, 2.75) is 38.5 Å². The molecular weight excluding hydrogens is 122 g/mol. The van der Waals surface area contributed by atoms with Crippen LogP contribution < -0.4 is 0 Å². The molecule has 1 heterocycles. The van der Waals surface area contributed by atoms with Crippen LogP contribution >= 0.6 is 0 Å². The third kappa shape index (κ3) is 1.20. The van der Waals surface area contributed by atoms with E-state index < -0.39 is 0 Å². The van der Waals surface area contributed by atoms with Crippen LogP contribution in [0.15, 0.2) is 0 Å². The van der Waals surface area contributed by atoms with Crippen molar-refractivity contribution >= 4 is 0 Å². The zero-order chi connectivity index (χ0) is 6.81. The number of likely N-dealkylation sites (tertiary alicyclic amines) is 1. The van der Waals surface area contributed by atoms with E-state index in [-0.39, 0.29) is 0 Å². The fourth-order valence-electron chi connectivity index (χ4n) is 1.86. The summed E-state index contributed by atoms with van der Waals surface area (Å²) in [5, 5.41) is 0. The Morgan fingerprint density at radius 3 is 2.00 bits per heavy atom. The SMILES string of the molecule is C1CCN([C]2CCC2)CC1. The van der Waals surface area contributed by atoms with Crippen molar-refractivity contribution in [3.63, 3.8) is 0 Å². The number of hydrogen-bond donors (Lipinski definition) is 0. The predicted molar refractivity (Wildman–Crippen MR) is 42.5 cm³/mol. The highest BCUT2D eigenvalue weighted by atomic mass is 15.2. The van der Waals surface area contributed by atoms with E-state index in [1.54, 1.807) is 6.04 Å². The van der Waals surface area contributed by atoms with E-state index in [0.717, 1.165) is 0 Å². The molecule has 0 bridgehead atoms. The normalized spacial score (nSPS) is 30.0. The fraction of sp³-hybridized carbons (Fsp3) is 0.889. The quantitative estimate of drug-likeness (QED) is 0.537. The third-order valence-electron chi connectivity index (χ3n) is 2.73. The largest absolute Gasteiger partial charge is 0.296 e. The summed E-state index contributed by atoms with van der Waals surface area (Å²) in [6.07, 6.45) is 8.59. The van der Waals surface area contributed by atoms with Crippen molar-refractivity contribution in [1.82, 2.24) is 4.90 Å². The summed E-state index contributed by atoms with van der Waals surface area (Å²) in [4.78, 5) is 2.62. The van der Waals surface area contributed by atoms with Crippen molar-refractivity contribution in [3.8, 4) is 0 Å². The summed E-state index contributed by atoms with van der Waals surface area (Å²) in [6, 6.07) is 1.75. The molecule has 1 aliphatic heterocycles. The Morgan fingerprint density at radius 1 is 0.800 bits per heavy atom. The number of hydrogen-bond acceptors (Lipinski definition) is 1. The van der Waals surface area contributed by atoms with Crippen LogP contribution in [0.4, 0.5) is 0 Å². The predicted octanol–water partition coefficient (Wildman–Crippen LogP) is 2.19. The summed E-state index contributed by atoms with van der Waals surface area (Å²) in [5.74, 6) is 0. The first kappa shape index (κ1) is 6.66. The Bertz CT molecular complexity index is 101. The van der Waals surface area contributed by atoms with Crippen LogP contribution in [-0.2, 0) is 0 Å². The van der Waals surface area contributed by atoms with Gasteiger partial charge in [0, 0.05) is 6.04 Å². The molecular formula is C9H16N. The number of nitrogens with zero attached hydrogens (tertiary/aromatic N) is 1. The van der Waals surface area contributed by atoms with Gasteiger partial charge in [-0.25, -0.2) is 0 Å². The molecule has 0 aromatic carbocycles. The lowest BCUT2D eigenvalue weighted by atomic mass is 9.90. The lowest BCUT2D eigenvalue weighted by Gasteiger charge is -2.38. The molecule has 2 rings (SSSR count). The zero-order valence-electron chi connectivity index (χ0n) is 6.60. The van der Waals surface area contributed by atoms with Crippen LogP contribution in [0.3, 0.4) is 0 Å². The van der Waals surface area contributed by atoms with Gasteiger partial charge in [0.1, 0.15) is 0 Å². The Kier molecular flexibility index (Phi) is 1.94. The molecule has 1 radical (unpaired) electrons. The van der Waals surface area contributed by atoms with Gasteiger partial charge in [0.05, 0.1) is 0 Å². The summed E-state index contributed by atoms with van der Waals surface area (Å²) >= 11 is 0. The smallest absolute Gasteiger partial charge is 0.0393 e. The molecule has 2 aliphatic rings. The second kappa shape index (κ2) is 2.91. The van der Waals surface area contributed by atoms with Gasteiger partial charge in [-0.3, -0.25) is 4.90 Å². The lowest BCUT2D eigenvalue weighted by Crippen LogP contribution is -2.36. The fourth-order valence-corrected chi connectivity index (χ4v) is 1.86. The van der Waals surface area contributed by atoms with Crippen LogP contribution in [0, 0.1) is 6.04 Å². The van der Waals surface area contributed by atoms with Gasteiger partial charge >= 0.3 is 0 Å². The molecule has 0 N–H and O–H groups in total. The first-order valence-corrected chi connectivity index (χ1v) is 4.56. The van der Waals surface area contributed by atoms with Gasteiger partial charge in [-0.15, -0.1) is 0 Å². The standard InChI is InChI=1S/C9H16N/c1-2-7-10(8-3-1)9-5-4-6-9/h1-8H2. The van der Waals surface area contributed by atoms with Crippen LogP contribution in [-0.4, -0.2) is 18.0 Å². The Hall–Kier alpha value is -0.0400. The van der Waals surface area contributed by atoms with E-state index in [9.17, 15) is 0 Å². The molecule has 0 aromatic rings. The van der Waals surface area contributed by atoms with E-state index in [1.807, 2.05) is 0 Å². The van der Waals surface area contributed by atoms with E-state index in [0.29, 0.717) is 0 Å². The molecule has 1 aliphatic carbocycles. The number of piperidine rings is 1. The Balaban J connectivity index is 1.78. The second-order valence-electron chi connectivity index (χ2n) is 3.47. The van der Waals surface area contributed by atoms with Gasteiger partial charge in [0.25, 0.3) is 0 Å². The average Bonchev–Trinajstić information content (AvgIpc) is 1.86. The Morgan fingerprint density at radius 2 is 1.50 bits per heavy atom. The van der Waals surface area contributed by atoms with Gasteiger partial charge in [-0.2, -0.15) is 0 Å². The average molecular weight is 138 g/mol. The summed E-state index contributed by atoms with van der Waals surface area (Å²) in [6.45, 7) is 2.71. The van der Waals surface area contributed by atoms with Crippen molar-refractivity contribution < 1.29 is 0 Å². The maximum Gasteiger partial charge on any atom is 0.0393 e. The van der Waals surface area contributed by atoms with E-state index in [1.165, 1.54) is 51.6 Å². The van der Waals surface area contributed by atoms with E-state index in [2.05, 4.69) is 4.90 Å². The van der Waals surface area contributed by atoms with Crippen molar-refractivity contribution in [1.29, 1.82) is 0 Å². The summed E-state index contributed by atoms with van der Waals surface area (Å²) in [7, 11) is 0. The second-order valence-corrected chi connectivity index (χ2v) is 3.47. The Labute approximate surface area is 63.4 Å². The van der Waals surface area contributed by atoms with Gasteiger partial charge < -0.3 is 0 Å². The van der Waals surface area contributed by atoms with Crippen molar-refractivity contribution in [2.24, 2.45) is 0 Å². The van der Waals surface area contributed by atoms with Crippen molar-refractivity contribution in [3.05, 3.63) is 6.04 Å². The molecule has 0 spiro atoms. The molecule has 0 amide bonds. The van der Waals surface area contributed by atoms with Gasteiger partial charge in [0.15, 0.2) is 0 Å². The highest BCUT2D eigenvalue weighted by Gasteiger charge is 2.26. The van der Waals surface area contributed by atoms with Crippen LogP contribution in [0.2, 0.25) is 0 Å². The minimum absolute atomic E-state index is 1.36. The molecule has 1 saturated heterocycles. The van der Waals surface area contributed by atoms with Gasteiger partial charge in [-0.1, -0.05) is 6.42 Å². The first-order chi connectivity index (χ1) is 4.97. The first-order valence-electron chi connectivity index (χ1n) is 4.56. The molecule has 10 heavy (non-hydrogen) atoms. The van der Waals surface area contributed by atoms with Crippen LogP contribution in [0.1, 0.15) is 38.5 Å². The molecule has 1 heteroatoms. The highest BCUT2D eigenvalue weighted by Crippen LogP contribution is 2.33. The minimum atomic E-state index is 1.36. The molecule has 57 valence electrons. The van der Waals surface area contributed by atoms with Gasteiger partial charge in [0.2, 0.25) is 0 Å². The maximum atomic E-state index is 2.62. The number of rotatable bonds is 1. The molecule has 0 atom stereocenters. The lowest BCUT2D eigenvalue weighted by molar-refractivity contribution is 0.185. The topological polar surface area (TPSA) is 3.24 Å². The molecule has 0 aromatic heterocycles. The van der Waals surface area contributed by atoms with Crippen molar-refractivity contribution in [2.75, 3.05) is 13.1 Å². The third-order valence-corrected chi connectivity index (χ3v) is 2.73. The van der Waals surface area contributed by atoms with Crippen LogP contribution in [0.25, 0.3) is 0 Å². The molecule has 0 unspecified atom stereocenters. The zero-order valence-corrected chi connectivity index (χ0v) is 6.60. The van der Waals surface area contributed by atoms with Crippen LogP contribution in [0.5, 0.6) is 0 Å². The summed E-state index contributed by atoms with van der Waals surface area (Å²) in [5.41, 5.74) is 0. The molecule has 1 nitrogen and oxygen atoms in total. The van der Waals surface area contributed by atoms with E-state index >= 15 is 0 Å². The maximum absolute atomic E-state index is 2.62. The van der Waals surface area contributed by atoms with Gasteiger partial charge in [-0.05, 0) is 45.2 Å². The summed E-state index contributed by atoms with van der Waals surface area (Å²) < 4.78 is 0. The molecule has 2 fully saturated rings. The highest BCUT2D eigenvalue weighted by molar-refractivity contribution is 4.98. The minimum Gasteiger partial charge on any atom is -0.296 e.